The van der Waals surface area contributed by atoms with E-state index in [4.69, 9.17) is 9.84 Å². The van der Waals surface area contributed by atoms with E-state index in [1.54, 1.807) is 0 Å². The van der Waals surface area contributed by atoms with Crippen LogP contribution in [0.15, 0.2) is 0 Å². The van der Waals surface area contributed by atoms with Crippen LogP contribution in [-0.2, 0) is 14.8 Å². The molecular formula is C8H19NO4S. The number of nitrogens with zero attached hydrogens (tertiary/aromatic N) is 1. The molecule has 0 aromatic rings. The molecule has 1 atom stereocenters. The summed E-state index contributed by atoms with van der Waals surface area (Å²) in [6.45, 7) is 3.68. The van der Waals surface area contributed by atoms with Crippen LogP contribution in [0.4, 0.5) is 0 Å². The van der Waals surface area contributed by atoms with Crippen molar-refractivity contribution in [2.24, 2.45) is 0 Å². The van der Waals surface area contributed by atoms with Gasteiger partial charge in [0.15, 0.2) is 0 Å². The minimum absolute atomic E-state index is 0.0250. The predicted octanol–water partition coefficient (Wildman–Crippen LogP) is -0.336. The van der Waals surface area contributed by atoms with Crippen LogP contribution in [0.3, 0.4) is 0 Å². The first-order chi connectivity index (χ1) is 6.29. The summed E-state index contributed by atoms with van der Waals surface area (Å²) < 4.78 is 28.6. The molecule has 0 amide bonds. The maximum atomic E-state index is 11.1. The Morgan fingerprint density at radius 1 is 1.43 bits per heavy atom. The Hall–Kier alpha value is -0.170. The van der Waals surface area contributed by atoms with E-state index in [2.05, 4.69) is 0 Å². The van der Waals surface area contributed by atoms with Crippen LogP contribution in [0, 0.1) is 0 Å². The van der Waals surface area contributed by atoms with Gasteiger partial charge in [-0.3, -0.25) is 0 Å². The van der Waals surface area contributed by atoms with Gasteiger partial charge < -0.3 is 9.84 Å². The van der Waals surface area contributed by atoms with E-state index in [9.17, 15) is 8.42 Å². The van der Waals surface area contributed by atoms with Crippen LogP contribution in [0.2, 0.25) is 0 Å². The maximum Gasteiger partial charge on any atom is 0.211 e. The van der Waals surface area contributed by atoms with Gasteiger partial charge in [0.1, 0.15) is 0 Å². The fourth-order valence-electron chi connectivity index (χ4n) is 0.847. The van der Waals surface area contributed by atoms with E-state index >= 15 is 0 Å². The molecule has 0 aromatic heterocycles. The molecule has 0 saturated heterocycles. The van der Waals surface area contributed by atoms with Crippen LogP contribution in [0.1, 0.15) is 13.8 Å². The minimum Gasteiger partial charge on any atom is -0.395 e. The van der Waals surface area contributed by atoms with Gasteiger partial charge in [0, 0.05) is 7.05 Å². The van der Waals surface area contributed by atoms with Gasteiger partial charge in [0.2, 0.25) is 10.0 Å². The molecule has 1 N–H and O–H groups in total. The summed E-state index contributed by atoms with van der Waals surface area (Å²) in [6, 6.07) is -0.507. The second-order valence-electron chi connectivity index (χ2n) is 3.50. The summed E-state index contributed by atoms with van der Waals surface area (Å²) >= 11 is 0. The average molecular weight is 225 g/mol. The van der Waals surface area contributed by atoms with E-state index in [0.29, 0.717) is 0 Å². The smallest absolute Gasteiger partial charge is 0.211 e. The molecule has 5 nitrogen and oxygen atoms in total. The predicted molar refractivity (Wildman–Crippen MR) is 54.6 cm³/mol. The van der Waals surface area contributed by atoms with Gasteiger partial charge in [-0.1, -0.05) is 0 Å². The summed E-state index contributed by atoms with van der Waals surface area (Å²) in [5, 5.41) is 8.99. The number of likely N-dealkylation sites (N-methyl/N-ethyl adjacent to an activating group) is 1. The number of aliphatic hydroxyl groups is 1. The zero-order valence-corrected chi connectivity index (χ0v) is 9.91. The molecule has 0 rings (SSSR count). The molecule has 0 bridgehead atoms. The molecule has 0 heterocycles. The van der Waals surface area contributed by atoms with Crippen LogP contribution in [0.5, 0.6) is 0 Å². The Morgan fingerprint density at radius 3 is 2.21 bits per heavy atom. The summed E-state index contributed by atoms with van der Waals surface area (Å²) in [5.41, 5.74) is 0. The van der Waals surface area contributed by atoms with Crippen LogP contribution < -0.4 is 0 Å². The Balaban J connectivity index is 4.27. The lowest BCUT2D eigenvalue weighted by Gasteiger charge is -2.24. The highest BCUT2D eigenvalue weighted by Crippen LogP contribution is 2.03. The SMILES string of the molecule is CC(C)OC[C@H](CO)N(C)S(C)(=O)=O. The molecule has 6 heteroatoms. The first kappa shape index (κ1) is 13.8. The zero-order chi connectivity index (χ0) is 11.4. The van der Waals surface area contributed by atoms with Crippen molar-refractivity contribution in [3.05, 3.63) is 0 Å². The highest BCUT2D eigenvalue weighted by molar-refractivity contribution is 7.88. The molecule has 0 aliphatic heterocycles. The van der Waals surface area contributed by atoms with Gasteiger partial charge in [0.25, 0.3) is 0 Å². The normalized spacial score (nSPS) is 15.1. The van der Waals surface area contributed by atoms with E-state index < -0.39 is 16.1 Å². The average Bonchev–Trinajstić information content (AvgIpc) is 2.03. The van der Waals surface area contributed by atoms with Crippen molar-refractivity contribution in [1.29, 1.82) is 0 Å². The molecule has 0 aliphatic rings. The molecule has 0 radical (unpaired) electrons. The maximum absolute atomic E-state index is 11.1. The van der Waals surface area contributed by atoms with Crippen molar-refractivity contribution in [2.75, 3.05) is 26.5 Å². The lowest BCUT2D eigenvalue weighted by Crippen LogP contribution is -2.42. The second-order valence-corrected chi connectivity index (χ2v) is 5.54. The van der Waals surface area contributed by atoms with Crippen molar-refractivity contribution in [2.45, 2.75) is 26.0 Å². The van der Waals surface area contributed by atoms with Gasteiger partial charge in [-0.05, 0) is 13.8 Å². The molecule has 0 saturated carbocycles. The molecule has 86 valence electrons. The number of ether oxygens (including phenoxy) is 1. The number of aliphatic hydroxyl groups excluding tert-OH is 1. The standard InChI is InChI=1S/C8H19NO4S/c1-7(2)13-6-8(5-10)9(3)14(4,11)12/h7-8,10H,5-6H2,1-4H3/t8-/m0/s1. The lowest BCUT2D eigenvalue weighted by molar-refractivity contribution is 0.0320. The van der Waals surface area contributed by atoms with Gasteiger partial charge in [-0.25, -0.2) is 8.42 Å². The van der Waals surface area contributed by atoms with Gasteiger partial charge in [0.05, 0.1) is 31.6 Å². The van der Waals surface area contributed by atoms with E-state index in [1.807, 2.05) is 13.8 Å². The highest BCUT2D eigenvalue weighted by Gasteiger charge is 2.22. The van der Waals surface area contributed by atoms with Gasteiger partial charge in [-0.15, -0.1) is 0 Å². The van der Waals surface area contributed by atoms with Crippen LogP contribution in [0.25, 0.3) is 0 Å². The third kappa shape index (κ3) is 4.90. The third-order valence-electron chi connectivity index (χ3n) is 1.87. The summed E-state index contributed by atoms with van der Waals surface area (Å²) in [4.78, 5) is 0. The molecular weight excluding hydrogens is 206 g/mol. The van der Waals surface area contributed by atoms with Crippen molar-refractivity contribution in [3.63, 3.8) is 0 Å². The first-order valence-corrected chi connectivity index (χ1v) is 6.29. The molecule has 0 aliphatic carbocycles. The van der Waals surface area contributed by atoms with E-state index in [-0.39, 0.29) is 19.3 Å². The van der Waals surface area contributed by atoms with Crippen molar-refractivity contribution >= 4 is 10.0 Å². The summed E-state index contributed by atoms with van der Waals surface area (Å²) in [7, 11) is -1.84. The molecule has 0 unspecified atom stereocenters. The summed E-state index contributed by atoms with van der Waals surface area (Å²) in [6.07, 6.45) is 1.13. The Morgan fingerprint density at radius 2 is 1.93 bits per heavy atom. The van der Waals surface area contributed by atoms with Gasteiger partial charge in [-0.2, -0.15) is 4.31 Å². The minimum atomic E-state index is -3.27. The second kappa shape index (κ2) is 5.65. The number of sulfonamides is 1. The van der Waals surface area contributed by atoms with Crippen molar-refractivity contribution in [1.82, 2.24) is 4.31 Å². The molecule has 14 heavy (non-hydrogen) atoms. The lowest BCUT2D eigenvalue weighted by atomic mass is 10.3. The highest BCUT2D eigenvalue weighted by atomic mass is 32.2. The molecule has 0 spiro atoms. The topological polar surface area (TPSA) is 66.8 Å². The van der Waals surface area contributed by atoms with Crippen molar-refractivity contribution < 1.29 is 18.3 Å². The van der Waals surface area contributed by atoms with Crippen LogP contribution in [-0.4, -0.2) is 56.5 Å². The largest absolute Gasteiger partial charge is 0.395 e. The fourth-order valence-corrected chi connectivity index (χ4v) is 1.52. The Labute approximate surface area is 85.7 Å². The number of rotatable bonds is 6. The zero-order valence-electron chi connectivity index (χ0n) is 9.10. The summed E-state index contributed by atoms with van der Waals surface area (Å²) in [5.74, 6) is 0. The van der Waals surface area contributed by atoms with Crippen molar-refractivity contribution in [3.8, 4) is 0 Å². The first-order valence-electron chi connectivity index (χ1n) is 4.44. The fraction of sp³-hybridized carbons (Fsp3) is 1.00. The molecule has 0 aromatic carbocycles. The van der Waals surface area contributed by atoms with Gasteiger partial charge >= 0.3 is 0 Å². The molecule has 0 fully saturated rings. The Bertz CT molecular complexity index is 250. The monoisotopic (exact) mass is 225 g/mol. The number of hydrogen-bond acceptors (Lipinski definition) is 4. The Kier molecular flexibility index (Phi) is 5.58. The quantitative estimate of drug-likeness (QED) is 0.672. The van der Waals surface area contributed by atoms with Crippen LogP contribution >= 0.6 is 0 Å². The number of hydrogen-bond donors (Lipinski definition) is 1. The third-order valence-corrected chi connectivity index (χ3v) is 3.21. The van der Waals surface area contributed by atoms with E-state index in [1.165, 1.54) is 7.05 Å². The van der Waals surface area contributed by atoms with E-state index in [0.717, 1.165) is 10.6 Å².